The average molecular weight is 287 g/mol. The molecule has 2 N–H and O–H groups in total. The molecule has 0 aliphatic carbocycles. The van der Waals surface area contributed by atoms with Crippen LogP contribution in [0, 0.1) is 0 Å². The van der Waals surface area contributed by atoms with Gasteiger partial charge in [0.25, 0.3) is 0 Å². The van der Waals surface area contributed by atoms with E-state index in [0.29, 0.717) is 11.7 Å². The number of unbranched alkanes of at least 4 members (excludes halogenated alkanes) is 5. The summed E-state index contributed by atoms with van der Waals surface area (Å²) in [7, 11) is 0. The highest BCUT2D eigenvalue weighted by Crippen LogP contribution is 2.14. The molecule has 0 spiro atoms. The van der Waals surface area contributed by atoms with E-state index in [1.165, 1.54) is 30.3 Å². The first-order valence-corrected chi connectivity index (χ1v) is 7.63. The molecular weight excluding hydrogens is 266 g/mol. The third-order valence-electron chi connectivity index (χ3n) is 2.78. The first-order chi connectivity index (χ1) is 9.15. The average Bonchev–Trinajstić information content (AvgIpc) is 2.72. The number of hydrogen-bond acceptors (Lipinski definition) is 4. The van der Waals surface area contributed by atoms with Crippen molar-refractivity contribution >= 4 is 17.7 Å². The third kappa shape index (κ3) is 5.96. The van der Waals surface area contributed by atoms with Crippen molar-refractivity contribution in [3.05, 3.63) is 10.5 Å². The highest BCUT2D eigenvalue weighted by atomic mass is 32.2. The lowest BCUT2D eigenvalue weighted by Crippen LogP contribution is -2.18. The molecule has 0 atom stereocenters. The van der Waals surface area contributed by atoms with Gasteiger partial charge in [-0.1, -0.05) is 50.8 Å². The van der Waals surface area contributed by atoms with E-state index in [9.17, 15) is 9.59 Å². The highest BCUT2D eigenvalue weighted by Gasteiger charge is 2.10. The van der Waals surface area contributed by atoms with Crippen LogP contribution in [0.2, 0.25) is 0 Å². The maximum absolute atomic E-state index is 11.5. The summed E-state index contributed by atoms with van der Waals surface area (Å²) in [6.07, 6.45) is 6.89. The smallest absolute Gasteiger partial charge is 0.343 e. The van der Waals surface area contributed by atoms with Crippen molar-refractivity contribution in [2.45, 2.75) is 57.1 Å². The van der Waals surface area contributed by atoms with E-state index in [1.807, 2.05) is 0 Å². The Labute approximate surface area is 116 Å². The number of nitrogens with one attached hydrogen (secondary N) is 1. The molecule has 0 bridgehead atoms. The second-order valence-electron chi connectivity index (χ2n) is 4.41. The van der Waals surface area contributed by atoms with Gasteiger partial charge in [0.05, 0.1) is 5.75 Å². The van der Waals surface area contributed by atoms with Gasteiger partial charge in [-0.2, -0.15) is 0 Å². The van der Waals surface area contributed by atoms with Gasteiger partial charge in [-0.05, 0) is 6.42 Å². The van der Waals surface area contributed by atoms with E-state index in [4.69, 9.17) is 5.11 Å². The van der Waals surface area contributed by atoms with E-state index >= 15 is 0 Å². The minimum atomic E-state index is -0.911. The molecule has 0 saturated heterocycles. The molecule has 108 valence electrons. The third-order valence-corrected chi connectivity index (χ3v) is 3.74. The van der Waals surface area contributed by atoms with Gasteiger partial charge < -0.3 is 5.11 Å². The van der Waals surface area contributed by atoms with Crippen LogP contribution in [0.5, 0.6) is 0 Å². The molecule has 7 heteroatoms. The molecule has 6 nitrogen and oxygen atoms in total. The Morgan fingerprint density at radius 3 is 2.68 bits per heavy atom. The van der Waals surface area contributed by atoms with Crippen molar-refractivity contribution < 1.29 is 9.90 Å². The Kier molecular flexibility index (Phi) is 7.32. The highest BCUT2D eigenvalue weighted by molar-refractivity contribution is 7.99. The number of carboxylic acid groups (broad SMARTS) is 1. The number of aromatic amines is 1. The molecular formula is C12H21N3O3S. The summed E-state index contributed by atoms with van der Waals surface area (Å²) in [5.74, 6) is -0.993. The first-order valence-electron chi connectivity index (χ1n) is 6.65. The maximum atomic E-state index is 11.5. The van der Waals surface area contributed by atoms with Crippen molar-refractivity contribution in [1.29, 1.82) is 0 Å². The molecule has 0 radical (unpaired) electrons. The van der Waals surface area contributed by atoms with Gasteiger partial charge in [0.2, 0.25) is 0 Å². The van der Waals surface area contributed by atoms with E-state index < -0.39 is 5.97 Å². The van der Waals surface area contributed by atoms with E-state index in [-0.39, 0.29) is 11.4 Å². The monoisotopic (exact) mass is 287 g/mol. The summed E-state index contributed by atoms with van der Waals surface area (Å²) < 4.78 is 1.52. The Balaban J connectivity index is 2.37. The van der Waals surface area contributed by atoms with Crippen LogP contribution >= 0.6 is 11.8 Å². The van der Waals surface area contributed by atoms with Crippen LogP contribution in [-0.4, -0.2) is 31.6 Å². The Hall–Kier alpha value is -1.24. The van der Waals surface area contributed by atoms with E-state index in [0.717, 1.165) is 24.6 Å². The number of aromatic nitrogens is 3. The molecule has 0 amide bonds. The van der Waals surface area contributed by atoms with E-state index in [2.05, 4.69) is 17.1 Å². The summed E-state index contributed by atoms with van der Waals surface area (Å²) in [6, 6.07) is 0. The van der Waals surface area contributed by atoms with Gasteiger partial charge in [-0.15, -0.1) is 5.10 Å². The van der Waals surface area contributed by atoms with Gasteiger partial charge in [0.15, 0.2) is 5.16 Å². The molecule has 0 saturated carbocycles. The number of rotatable bonds is 10. The first kappa shape index (κ1) is 15.8. The minimum absolute atomic E-state index is 0.0825. The van der Waals surface area contributed by atoms with Gasteiger partial charge in [-0.3, -0.25) is 9.36 Å². The number of nitrogens with zero attached hydrogens (tertiary/aromatic N) is 2. The van der Waals surface area contributed by atoms with Crippen LogP contribution in [0.3, 0.4) is 0 Å². The van der Waals surface area contributed by atoms with Crippen molar-refractivity contribution in [3.63, 3.8) is 0 Å². The Morgan fingerprint density at radius 1 is 1.32 bits per heavy atom. The van der Waals surface area contributed by atoms with Crippen molar-refractivity contribution in [2.75, 3.05) is 5.75 Å². The summed E-state index contributed by atoms with van der Waals surface area (Å²) in [4.78, 5) is 22.0. The zero-order valence-electron chi connectivity index (χ0n) is 11.2. The topological polar surface area (TPSA) is 88.0 Å². The fourth-order valence-corrected chi connectivity index (χ4v) is 2.48. The fourth-order valence-electron chi connectivity index (χ4n) is 1.79. The number of carboxylic acids is 1. The lowest BCUT2D eigenvalue weighted by Gasteiger charge is -2.04. The fraction of sp³-hybridized carbons (Fsp3) is 0.750. The molecule has 0 unspecified atom stereocenters. The second kappa shape index (κ2) is 8.79. The quantitative estimate of drug-likeness (QED) is 0.508. The van der Waals surface area contributed by atoms with Crippen LogP contribution in [0.4, 0.5) is 0 Å². The molecule has 1 rings (SSSR count). The van der Waals surface area contributed by atoms with Crippen molar-refractivity contribution in [3.8, 4) is 0 Å². The second-order valence-corrected chi connectivity index (χ2v) is 5.36. The maximum Gasteiger partial charge on any atom is 0.343 e. The molecule has 0 aliphatic rings. The lowest BCUT2D eigenvalue weighted by molar-refractivity contribution is -0.133. The predicted molar refractivity (Wildman–Crippen MR) is 74.6 cm³/mol. The van der Waals surface area contributed by atoms with Crippen molar-refractivity contribution in [2.24, 2.45) is 0 Å². The standard InChI is InChI=1S/C12H21N3O3S/c1-2-3-4-5-6-7-8-15-11(18)13-14-12(15)19-9-10(16)17/h2-9H2,1H3,(H,13,18)(H,16,17). The summed E-state index contributed by atoms with van der Waals surface area (Å²) >= 11 is 1.07. The molecule has 1 aromatic rings. The van der Waals surface area contributed by atoms with Crippen LogP contribution in [0.1, 0.15) is 45.4 Å². The number of aliphatic carboxylic acids is 1. The Morgan fingerprint density at radius 2 is 2.00 bits per heavy atom. The molecule has 0 fully saturated rings. The molecule has 1 heterocycles. The lowest BCUT2D eigenvalue weighted by atomic mass is 10.1. The normalized spacial score (nSPS) is 10.8. The molecule has 0 aromatic carbocycles. The SMILES string of the molecule is CCCCCCCCn1c(SCC(=O)O)n[nH]c1=O. The molecule has 0 aliphatic heterocycles. The van der Waals surface area contributed by atoms with Gasteiger partial charge in [0, 0.05) is 6.54 Å². The Bertz CT molecular complexity index is 442. The van der Waals surface area contributed by atoms with E-state index in [1.54, 1.807) is 0 Å². The summed E-state index contributed by atoms with van der Waals surface area (Å²) in [6.45, 7) is 2.78. The largest absolute Gasteiger partial charge is 0.481 e. The number of thioether (sulfide) groups is 1. The zero-order chi connectivity index (χ0) is 14.1. The number of H-pyrrole nitrogens is 1. The molecule has 19 heavy (non-hydrogen) atoms. The molecule has 1 aromatic heterocycles. The zero-order valence-corrected chi connectivity index (χ0v) is 12.0. The summed E-state index contributed by atoms with van der Waals surface area (Å²) in [5.41, 5.74) is -0.263. The predicted octanol–water partition coefficient (Wildman–Crippen LogP) is 2.11. The van der Waals surface area contributed by atoms with Crippen LogP contribution < -0.4 is 5.69 Å². The minimum Gasteiger partial charge on any atom is -0.481 e. The number of hydrogen-bond donors (Lipinski definition) is 2. The van der Waals surface area contributed by atoms with Gasteiger partial charge in [0.1, 0.15) is 0 Å². The van der Waals surface area contributed by atoms with Crippen LogP contribution in [0.25, 0.3) is 0 Å². The number of carbonyl (C=O) groups is 1. The van der Waals surface area contributed by atoms with Crippen LogP contribution in [0.15, 0.2) is 9.95 Å². The van der Waals surface area contributed by atoms with Gasteiger partial charge >= 0.3 is 11.7 Å². The van der Waals surface area contributed by atoms with Crippen molar-refractivity contribution in [1.82, 2.24) is 14.8 Å². The summed E-state index contributed by atoms with van der Waals surface area (Å²) in [5, 5.41) is 15.3. The van der Waals surface area contributed by atoms with Gasteiger partial charge in [-0.25, -0.2) is 9.89 Å². The van der Waals surface area contributed by atoms with Crippen LogP contribution in [-0.2, 0) is 11.3 Å².